The number of Topliss-reactive ketones (excluding diaryl/α,β-unsaturated/α-hetero) is 1. The van der Waals surface area contributed by atoms with Crippen molar-refractivity contribution in [2.45, 2.75) is 19.0 Å². The maximum absolute atomic E-state index is 13.0. The zero-order valence-corrected chi connectivity index (χ0v) is 19.6. The predicted molar refractivity (Wildman–Crippen MR) is 136 cm³/mol. The topological polar surface area (TPSA) is 95.7 Å². The molecule has 0 saturated carbocycles. The van der Waals surface area contributed by atoms with Crippen LogP contribution in [0.2, 0.25) is 0 Å². The van der Waals surface area contributed by atoms with Crippen LogP contribution in [0.1, 0.15) is 21.5 Å². The van der Waals surface area contributed by atoms with E-state index in [-0.39, 0.29) is 6.42 Å². The van der Waals surface area contributed by atoms with Crippen molar-refractivity contribution in [2.24, 2.45) is 5.73 Å². The second kappa shape index (κ2) is 11.4. The third-order valence-electron chi connectivity index (χ3n) is 6.24. The number of piperazine rings is 1. The molecule has 0 aliphatic carbocycles. The molecule has 180 valence electrons. The zero-order valence-electron chi connectivity index (χ0n) is 19.6. The van der Waals surface area contributed by atoms with E-state index in [2.05, 4.69) is 39.4 Å². The number of ketones is 1. The van der Waals surface area contributed by atoms with Crippen molar-refractivity contribution in [2.75, 3.05) is 31.1 Å². The van der Waals surface area contributed by atoms with Gasteiger partial charge in [-0.1, -0.05) is 66.7 Å². The van der Waals surface area contributed by atoms with Crippen LogP contribution in [-0.2, 0) is 22.6 Å². The van der Waals surface area contributed by atoms with E-state index in [0.29, 0.717) is 5.56 Å². The molecule has 0 aromatic heterocycles. The monoisotopic (exact) mass is 470 g/mol. The minimum Gasteiger partial charge on any atom is -0.369 e. The Hall–Kier alpha value is -3.97. The van der Waals surface area contributed by atoms with Crippen LogP contribution >= 0.6 is 0 Å². The molecule has 3 aromatic carbocycles. The first-order chi connectivity index (χ1) is 17.0. The summed E-state index contributed by atoms with van der Waals surface area (Å²) in [6, 6.07) is 26.0. The predicted octanol–water partition coefficient (Wildman–Crippen LogP) is 2.40. The average molecular weight is 471 g/mol. The quantitative estimate of drug-likeness (QED) is 0.468. The molecule has 1 fully saturated rings. The maximum atomic E-state index is 13.0. The summed E-state index contributed by atoms with van der Waals surface area (Å²) in [6.07, 6.45) is 0.192. The highest BCUT2D eigenvalue weighted by atomic mass is 16.2. The number of hydrogen-bond donors (Lipinski definition) is 2. The largest absolute Gasteiger partial charge is 0.369 e. The minimum atomic E-state index is -1.06. The van der Waals surface area contributed by atoms with Gasteiger partial charge in [0.1, 0.15) is 6.04 Å². The Morgan fingerprint density at radius 3 is 2.06 bits per heavy atom. The van der Waals surface area contributed by atoms with Crippen molar-refractivity contribution in [3.05, 3.63) is 102 Å². The molecule has 3 aromatic rings. The lowest BCUT2D eigenvalue weighted by Crippen LogP contribution is -2.47. The summed E-state index contributed by atoms with van der Waals surface area (Å²) in [5.74, 6) is -2.29. The zero-order chi connectivity index (χ0) is 24.6. The summed E-state index contributed by atoms with van der Waals surface area (Å²) >= 11 is 0. The Morgan fingerprint density at radius 1 is 0.800 bits per heavy atom. The minimum absolute atomic E-state index is 0.192. The van der Waals surface area contributed by atoms with Crippen LogP contribution in [0.5, 0.6) is 0 Å². The van der Waals surface area contributed by atoms with E-state index in [1.54, 1.807) is 6.07 Å². The number of carbonyl (C=O) groups is 3. The van der Waals surface area contributed by atoms with Gasteiger partial charge in [-0.15, -0.1) is 0 Å². The second-order valence-electron chi connectivity index (χ2n) is 8.74. The number of hydrogen-bond acceptors (Lipinski definition) is 5. The Morgan fingerprint density at radius 2 is 1.43 bits per heavy atom. The molecule has 0 bridgehead atoms. The highest BCUT2D eigenvalue weighted by Crippen LogP contribution is 2.19. The van der Waals surface area contributed by atoms with E-state index in [4.69, 9.17) is 5.73 Å². The molecular weight excluding hydrogens is 440 g/mol. The van der Waals surface area contributed by atoms with Crippen molar-refractivity contribution in [3.63, 3.8) is 0 Å². The molecule has 1 heterocycles. The fourth-order valence-corrected chi connectivity index (χ4v) is 4.32. The van der Waals surface area contributed by atoms with Crippen LogP contribution in [0, 0.1) is 0 Å². The Bertz CT molecular complexity index is 1160. The van der Waals surface area contributed by atoms with Crippen LogP contribution in [-0.4, -0.2) is 54.7 Å². The first-order valence-corrected chi connectivity index (χ1v) is 11.8. The number of carbonyl (C=O) groups excluding carboxylic acids is 3. The Balaban J connectivity index is 1.39. The molecule has 1 saturated heterocycles. The van der Waals surface area contributed by atoms with Gasteiger partial charge in [0.2, 0.25) is 5.78 Å². The molecule has 0 spiro atoms. The van der Waals surface area contributed by atoms with E-state index in [1.165, 1.54) is 5.56 Å². The van der Waals surface area contributed by atoms with Crippen LogP contribution in [0.25, 0.3) is 0 Å². The van der Waals surface area contributed by atoms with Crippen LogP contribution in [0.3, 0.4) is 0 Å². The fourth-order valence-electron chi connectivity index (χ4n) is 4.32. The smallest absolute Gasteiger partial charge is 0.287 e. The molecule has 35 heavy (non-hydrogen) atoms. The molecule has 1 atom stereocenters. The van der Waals surface area contributed by atoms with Gasteiger partial charge in [0, 0.05) is 50.4 Å². The van der Waals surface area contributed by atoms with Gasteiger partial charge in [-0.2, -0.15) is 0 Å². The number of rotatable bonds is 9. The molecule has 1 aliphatic heterocycles. The van der Waals surface area contributed by atoms with E-state index in [1.807, 2.05) is 54.6 Å². The molecule has 1 unspecified atom stereocenters. The fraction of sp³-hybridized carbons (Fsp3) is 0.250. The first-order valence-electron chi connectivity index (χ1n) is 11.8. The number of anilines is 1. The summed E-state index contributed by atoms with van der Waals surface area (Å²) in [4.78, 5) is 41.7. The third kappa shape index (κ3) is 6.55. The molecule has 4 rings (SSSR count). The van der Waals surface area contributed by atoms with E-state index in [0.717, 1.165) is 44.0 Å². The van der Waals surface area contributed by atoms with Crippen molar-refractivity contribution in [1.82, 2.24) is 10.2 Å². The summed E-state index contributed by atoms with van der Waals surface area (Å²) in [5.41, 5.74) is 8.76. The maximum Gasteiger partial charge on any atom is 0.287 e. The lowest BCUT2D eigenvalue weighted by Gasteiger charge is -2.36. The number of benzene rings is 3. The van der Waals surface area contributed by atoms with Gasteiger partial charge >= 0.3 is 0 Å². The van der Waals surface area contributed by atoms with Crippen molar-refractivity contribution >= 4 is 23.3 Å². The highest BCUT2D eigenvalue weighted by molar-refractivity contribution is 6.38. The lowest BCUT2D eigenvalue weighted by atomic mass is 10.0. The molecule has 1 aliphatic rings. The summed E-state index contributed by atoms with van der Waals surface area (Å²) < 4.78 is 0. The van der Waals surface area contributed by atoms with E-state index in [9.17, 15) is 14.4 Å². The average Bonchev–Trinajstić information content (AvgIpc) is 2.89. The first kappa shape index (κ1) is 24.2. The van der Waals surface area contributed by atoms with Crippen molar-refractivity contribution in [3.8, 4) is 0 Å². The van der Waals surface area contributed by atoms with E-state index < -0.39 is 23.6 Å². The molecule has 7 heteroatoms. The number of nitrogens with zero attached hydrogens (tertiary/aromatic N) is 2. The van der Waals surface area contributed by atoms with Gasteiger partial charge < -0.3 is 16.0 Å². The van der Waals surface area contributed by atoms with Gasteiger partial charge in [-0.05, 0) is 29.3 Å². The second-order valence-corrected chi connectivity index (χ2v) is 8.74. The number of nitrogens with one attached hydrogen (secondary N) is 1. The van der Waals surface area contributed by atoms with Crippen LogP contribution < -0.4 is 16.0 Å². The molecule has 3 N–H and O–H groups in total. The summed E-state index contributed by atoms with van der Waals surface area (Å²) in [7, 11) is 0. The standard InChI is InChI=1S/C28H30N4O3/c29-27(34)26(33)25(18-21-8-3-1-4-9-21)30-28(35)23-12-7-13-24(19-23)32-16-14-31(15-17-32)20-22-10-5-2-6-11-22/h1-13,19,25H,14-18,20H2,(H2,29,34)(H,30,35). The van der Waals surface area contributed by atoms with Gasteiger partial charge in [0.05, 0.1) is 0 Å². The number of primary amides is 1. The lowest BCUT2D eigenvalue weighted by molar-refractivity contribution is -0.137. The summed E-state index contributed by atoms with van der Waals surface area (Å²) in [5, 5.41) is 2.71. The van der Waals surface area contributed by atoms with Gasteiger partial charge in [-0.25, -0.2) is 0 Å². The van der Waals surface area contributed by atoms with Crippen LogP contribution in [0.15, 0.2) is 84.9 Å². The molecular formula is C28H30N4O3. The molecule has 0 radical (unpaired) electrons. The SMILES string of the molecule is NC(=O)C(=O)C(Cc1ccccc1)NC(=O)c1cccc(N2CCN(Cc3ccccc3)CC2)c1. The summed E-state index contributed by atoms with van der Waals surface area (Å²) in [6.45, 7) is 4.49. The van der Waals surface area contributed by atoms with Gasteiger partial charge in [-0.3, -0.25) is 19.3 Å². The normalized spacial score (nSPS) is 14.8. The Kier molecular flexibility index (Phi) is 7.90. The highest BCUT2D eigenvalue weighted by Gasteiger charge is 2.26. The van der Waals surface area contributed by atoms with Crippen molar-refractivity contribution < 1.29 is 14.4 Å². The molecule has 2 amide bonds. The van der Waals surface area contributed by atoms with E-state index >= 15 is 0 Å². The number of amides is 2. The molecule has 7 nitrogen and oxygen atoms in total. The van der Waals surface area contributed by atoms with Crippen LogP contribution in [0.4, 0.5) is 5.69 Å². The van der Waals surface area contributed by atoms with Gasteiger partial charge in [0.25, 0.3) is 11.8 Å². The van der Waals surface area contributed by atoms with Crippen molar-refractivity contribution in [1.29, 1.82) is 0 Å². The van der Waals surface area contributed by atoms with Gasteiger partial charge in [0.15, 0.2) is 0 Å². The number of nitrogens with two attached hydrogens (primary N) is 1. The Labute approximate surface area is 205 Å². The third-order valence-corrected chi connectivity index (χ3v) is 6.24.